The van der Waals surface area contributed by atoms with E-state index in [9.17, 15) is 9.59 Å². The van der Waals surface area contributed by atoms with Crippen LogP contribution in [0.1, 0.15) is 78.2 Å². The summed E-state index contributed by atoms with van der Waals surface area (Å²) < 4.78 is 2.38. The monoisotopic (exact) mass is 562 g/mol. The van der Waals surface area contributed by atoms with Crippen LogP contribution in [0, 0.1) is 5.92 Å². The Hall–Kier alpha value is -3.90. The van der Waals surface area contributed by atoms with E-state index in [-0.39, 0.29) is 23.8 Å². The van der Waals surface area contributed by atoms with Gasteiger partial charge in [-0.25, -0.2) is 0 Å². The summed E-state index contributed by atoms with van der Waals surface area (Å²) in [4.78, 5) is 28.5. The van der Waals surface area contributed by atoms with Crippen LogP contribution in [0.25, 0.3) is 10.9 Å². The number of likely N-dealkylation sites (tertiary alicyclic amines) is 1. The fourth-order valence-corrected chi connectivity index (χ4v) is 7.20. The smallest absolute Gasteiger partial charge is 0.268 e. The van der Waals surface area contributed by atoms with Gasteiger partial charge in [0.05, 0.1) is 0 Å². The predicted molar refractivity (Wildman–Crippen MR) is 169 cm³/mol. The number of nitrogens with zero attached hydrogens (tertiary/aromatic N) is 2. The number of aromatic nitrogens is 1. The van der Waals surface area contributed by atoms with Crippen LogP contribution in [0.3, 0.4) is 0 Å². The third kappa shape index (κ3) is 5.60. The average Bonchev–Trinajstić information content (AvgIpc) is 3.78. The van der Waals surface area contributed by atoms with Gasteiger partial charge in [-0.1, -0.05) is 85.8 Å². The summed E-state index contributed by atoms with van der Waals surface area (Å²) in [6.45, 7) is 6.28. The molecular formula is C36H42N4O2. The molecule has 2 fully saturated rings. The lowest BCUT2D eigenvalue weighted by atomic mass is 9.83. The summed E-state index contributed by atoms with van der Waals surface area (Å²) >= 11 is 0. The number of fused-ring (bicyclic) bond motifs is 1. The van der Waals surface area contributed by atoms with E-state index in [0.29, 0.717) is 25.4 Å². The van der Waals surface area contributed by atoms with Gasteiger partial charge in [-0.15, -0.1) is 0 Å². The zero-order valence-corrected chi connectivity index (χ0v) is 24.6. The average molecular weight is 563 g/mol. The molecule has 0 saturated carbocycles. The highest BCUT2D eigenvalue weighted by Gasteiger charge is 2.35. The summed E-state index contributed by atoms with van der Waals surface area (Å²) in [6, 6.07) is 29.9. The number of hydrogen-bond acceptors (Lipinski definition) is 3. The molecule has 4 aromatic rings. The van der Waals surface area contributed by atoms with E-state index in [1.807, 2.05) is 17.0 Å². The zero-order valence-electron chi connectivity index (χ0n) is 24.6. The first-order chi connectivity index (χ1) is 20.7. The number of nitrogens with one attached hydrogen (secondary N) is 2. The van der Waals surface area contributed by atoms with Gasteiger partial charge < -0.3 is 20.1 Å². The number of para-hydroxylation sites is 1. The van der Waals surface area contributed by atoms with Crippen molar-refractivity contribution in [2.75, 3.05) is 32.7 Å². The first-order valence-corrected chi connectivity index (χ1v) is 15.7. The van der Waals surface area contributed by atoms with Crippen LogP contribution in [0.15, 0.2) is 84.9 Å². The maximum absolute atomic E-state index is 14.5. The van der Waals surface area contributed by atoms with Gasteiger partial charge in [0.2, 0.25) is 5.91 Å². The Morgan fingerprint density at radius 1 is 0.976 bits per heavy atom. The SMILES string of the molecule is CCC(C1CCNC1)n1c(C(=O)NCCCN2CCCC2=O)c(C(c2ccccc2)c2ccccc2)c2ccccc21. The molecule has 6 nitrogen and oxygen atoms in total. The van der Waals surface area contributed by atoms with Crippen LogP contribution in [0.2, 0.25) is 0 Å². The lowest BCUT2D eigenvalue weighted by Crippen LogP contribution is -2.33. The molecule has 6 rings (SSSR count). The predicted octanol–water partition coefficient (Wildman–Crippen LogP) is 6.12. The summed E-state index contributed by atoms with van der Waals surface area (Å²) in [5.74, 6) is 0.558. The van der Waals surface area contributed by atoms with E-state index in [0.717, 1.165) is 67.5 Å². The third-order valence-corrected chi connectivity index (χ3v) is 9.17. The molecule has 2 aliphatic rings. The Kier molecular flexibility index (Phi) is 8.71. The van der Waals surface area contributed by atoms with Crippen LogP contribution in [0.5, 0.6) is 0 Å². The lowest BCUT2D eigenvalue weighted by molar-refractivity contribution is -0.127. The topological polar surface area (TPSA) is 66.4 Å². The molecule has 2 saturated heterocycles. The molecule has 0 spiro atoms. The normalized spacial score (nSPS) is 17.8. The molecule has 2 unspecified atom stereocenters. The van der Waals surface area contributed by atoms with E-state index in [1.54, 1.807) is 0 Å². The maximum atomic E-state index is 14.5. The fraction of sp³-hybridized carbons (Fsp3) is 0.389. The minimum atomic E-state index is -0.0965. The Balaban J connectivity index is 1.48. The molecule has 3 aromatic carbocycles. The van der Waals surface area contributed by atoms with E-state index in [4.69, 9.17) is 0 Å². The highest BCUT2D eigenvalue weighted by molar-refractivity contribution is 6.03. The molecule has 2 atom stereocenters. The molecule has 2 N–H and O–H groups in total. The largest absolute Gasteiger partial charge is 0.351 e. The molecule has 0 aliphatic carbocycles. The molecule has 6 heteroatoms. The standard InChI is InChI=1S/C36H42N4O2/c1-2-30(28-20-22-37-25-28)40-31-18-10-9-17-29(31)34(33(26-13-5-3-6-14-26)27-15-7-4-8-16-27)35(40)36(42)38-21-12-24-39-23-11-19-32(39)41/h3-10,13-18,28,30,33,37H,2,11-12,19-25H2,1H3,(H,38,42). The molecular weight excluding hydrogens is 520 g/mol. The van der Waals surface area contributed by atoms with Crippen molar-refractivity contribution in [1.29, 1.82) is 0 Å². The van der Waals surface area contributed by atoms with Gasteiger partial charge in [0.1, 0.15) is 5.69 Å². The maximum Gasteiger partial charge on any atom is 0.268 e. The summed E-state index contributed by atoms with van der Waals surface area (Å²) in [6.07, 6.45) is 4.38. The van der Waals surface area contributed by atoms with Gasteiger partial charge in [-0.2, -0.15) is 0 Å². The van der Waals surface area contributed by atoms with E-state index in [1.165, 1.54) is 11.1 Å². The van der Waals surface area contributed by atoms with Crippen LogP contribution in [0.4, 0.5) is 0 Å². The Morgan fingerprint density at radius 2 is 1.67 bits per heavy atom. The van der Waals surface area contributed by atoms with Crippen LogP contribution >= 0.6 is 0 Å². The van der Waals surface area contributed by atoms with Crippen molar-refractivity contribution in [2.45, 2.75) is 51.0 Å². The van der Waals surface area contributed by atoms with Crippen molar-refractivity contribution in [3.05, 3.63) is 107 Å². The van der Waals surface area contributed by atoms with Gasteiger partial charge in [0.25, 0.3) is 5.91 Å². The zero-order chi connectivity index (χ0) is 28.9. The minimum absolute atomic E-state index is 0.0322. The van der Waals surface area contributed by atoms with E-state index < -0.39 is 0 Å². The van der Waals surface area contributed by atoms with Crippen LogP contribution < -0.4 is 10.6 Å². The molecule has 0 radical (unpaired) electrons. The van der Waals surface area contributed by atoms with Gasteiger partial charge in [0, 0.05) is 54.5 Å². The Morgan fingerprint density at radius 3 is 2.29 bits per heavy atom. The van der Waals surface area contributed by atoms with Crippen LogP contribution in [-0.4, -0.2) is 54.0 Å². The molecule has 2 amide bonds. The lowest BCUT2D eigenvalue weighted by Gasteiger charge is -2.28. The molecule has 2 aliphatic heterocycles. The van der Waals surface area contributed by atoms with Crippen molar-refractivity contribution >= 4 is 22.7 Å². The number of rotatable bonds is 11. The number of carbonyl (C=O) groups is 2. The second-order valence-electron chi connectivity index (χ2n) is 11.7. The Bertz CT molecular complexity index is 1470. The molecule has 42 heavy (non-hydrogen) atoms. The summed E-state index contributed by atoms with van der Waals surface area (Å²) in [7, 11) is 0. The van der Waals surface area contributed by atoms with Gasteiger partial charge in [-0.05, 0) is 61.9 Å². The highest BCUT2D eigenvalue weighted by Crippen LogP contribution is 2.43. The fourth-order valence-electron chi connectivity index (χ4n) is 7.20. The van der Waals surface area contributed by atoms with Gasteiger partial charge >= 0.3 is 0 Å². The Labute approximate surface area is 249 Å². The van der Waals surface area contributed by atoms with Crippen molar-refractivity contribution < 1.29 is 9.59 Å². The molecule has 1 aromatic heterocycles. The summed E-state index contributed by atoms with van der Waals surface area (Å²) in [5, 5.41) is 7.99. The van der Waals surface area contributed by atoms with Crippen molar-refractivity contribution in [2.24, 2.45) is 5.92 Å². The number of carbonyl (C=O) groups excluding carboxylic acids is 2. The van der Waals surface area contributed by atoms with Crippen molar-refractivity contribution in [3.8, 4) is 0 Å². The van der Waals surface area contributed by atoms with Gasteiger partial charge in [0.15, 0.2) is 0 Å². The quantitative estimate of drug-likeness (QED) is 0.216. The molecule has 218 valence electrons. The second-order valence-corrected chi connectivity index (χ2v) is 11.7. The molecule has 0 bridgehead atoms. The number of benzene rings is 3. The summed E-state index contributed by atoms with van der Waals surface area (Å²) in [5.41, 5.74) is 5.30. The van der Waals surface area contributed by atoms with Crippen LogP contribution in [-0.2, 0) is 4.79 Å². The van der Waals surface area contributed by atoms with E-state index in [2.05, 4.69) is 94.9 Å². The van der Waals surface area contributed by atoms with Crippen molar-refractivity contribution in [3.63, 3.8) is 0 Å². The third-order valence-electron chi connectivity index (χ3n) is 9.17. The van der Waals surface area contributed by atoms with Crippen molar-refractivity contribution in [1.82, 2.24) is 20.1 Å². The first kappa shape index (κ1) is 28.2. The highest BCUT2D eigenvalue weighted by atomic mass is 16.2. The minimum Gasteiger partial charge on any atom is -0.351 e. The van der Waals surface area contributed by atoms with E-state index >= 15 is 0 Å². The first-order valence-electron chi connectivity index (χ1n) is 15.7. The van der Waals surface area contributed by atoms with Gasteiger partial charge in [-0.3, -0.25) is 9.59 Å². The molecule has 3 heterocycles. The number of amides is 2. The second kappa shape index (κ2) is 13.0. The number of hydrogen-bond donors (Lipinski definition) is 2.